The quantitative estimate of drug-likeness (QED) is 0.347. The number of rotatable bonds is 9. The third-order valence-corrected chi connectivity index (χ3v) is 6.55. The molecule has 2 rings (SSSR count). The third-order valence-electron chi connectivity index (χ3n) is 6.55. The highest BCUT2D eigenvalue weighted by molar-refractivity contribution is 5.69. The van der Waals surface area contributed by atoms with Crippen LogP contribution in [0.2, 0.25) is 0 Å². The Labute approximate surface area is 150 Å². The molecule has 0 N–H and O–H groups in total. The molecule has 2 aliphatic carbocycles. The van der Waals surface area contributed by atoms with Gasteiger partial charge in [-0.05, 0) is 43.4 Å². The van der Waals surface area contributed by atoms with E-state index < -0.39 is 0 Å². The molecule has 0 aromatic heterocycles. The van der Waals surface area contributed by atoms with Crippen molar-refractivity contribution in [2.24, 2.45) is 17.8 Å². The number of hydrogen-bond donors (Lipinski definition) is 0. The van der Waals surface area contributed by atoms with Gasteiger partial charge in [-0.2, -0.15) is 0 Å². The summed E-state index contributed by atoms with van der Waals surface area (Å²) >= 11 is 0. The Morgan fingerprint density at radius 2 is 1.25 bits per heavy atom. The molecule has 0 saturated heterocycles. The number of ether oxygens (including phenoxy) is 1. The summed E-state index contributed by atoms with van der Waals surface area (Å²) in [4.78, 5) is 11.4. The maximum Gasteiger partial charge on any atom is 0.305 e. The molecule has 0 atom stereocenters. The molecule has 2 saturated carbocycles. The normalized spacial score (nSPS) is 30.9. The summed E-state index contributed by atoms with van der Waals surface area (Å²) in [6.07, 6.45) is 20.0. The maximum absolute atomic E-state index is 11.4. The summed E-state index contributed by atoms with van der Waals surface area (Å²) in [7, 11) is 0. The van der Waals surface area contributed by atoms with Crippen molar-refractivity contribution in [2.45, 2.75) is 116 Å². The van der Waals surface area contributed by atoms with Gasteiger partial charge < -0.3 is 4.74 Å². The van der Waals surface area contributed by atoms with Gasteiger partial charge in [0.05, 0.1) is 0 Å². The molecule has 0 bridgehead atoms. The predicted octanol–water partition coefficient (Wildman–Crippen LogP) is 6.67. The van der Waals surface area contributed by atoms with Crippen LogP contribution in [0.15, 0.2) is 0 Å². The lowest BCUT2D eigenvalue weighted by molar-refractivity contribution is -0.150. The van der Waals surface area contributed by atoms with Gasteiger partial charge in [0.25, 0.3) is 0 Å². The van der Waals surface area contributed by atoms with Gasteiger partial charge >= 0.3 is 5.97 Å². The Balaban J connectivity index is 1.53. The van der Waals surface area contributed by atoms with Crippen molar-refractivity contribution in [3.63, 3.8) is 0 Å². The van der Waals surface area contributed by atoms with Crippen molar-refractivity contribution in [1.82, 2.24) is 0 Å². The largest absolute Gasteiger partial charge is 0.462 e. The first kappa shape index (κ1) is 19.8. The van der Waals surface area contributed by atoms with Crippen LogP contribution in [0.5, 0.6) is 0 Å². The van der Waals surface area contributed by atoms with E-state index in [1.54, 1.807) is 0 Å². The van der Waals surface area contributed by atoms with Gasteiger partial charge in [-0.25, -0.2) is 0 Å². The Kier molecular flexibility index (Phi) is 9.20. The second-order valence-electron chi connectivity index (χ2n) is 8.45. The molecule has 24 heavy (non-hydrogen) atoms. The van der Waals surface area contributed by atoms with E-state index in [2.05, 4.69) is 6.92 Å². The van der Waals surface area contributed by atoms with Crippen LogP contribution in [0.4, 0.5) is 0 Å². The standard InChI is InChI=1S/C22H40O2/c1-3-5-6-7-18-8-10-19(11-9-18)12-13-20-14-16-21(17-15-20)24-22(23)4-2/h18-21H,3-17H2,1-2H3/t18-,19-,20-,21-. The molecule has 0 spiro atoms. The Hall–Kier alpha value is -0.530. The monoisotopic (exact) mass is 336 g/mol. The number of hydrogen-bond acceptors (Lipinski definition) is 2. The fourth-order valence-electron chi connectivity index (χ4n) is 4.77. The Bertz CT molecular complexity index is 336. The topological polar surface area (TPSA) is 26.3 Å². The maximum atomic E-state index is 11.4. The van der Waals surface area contributed by atoms with Crippen molar-refractivity contribution in [1.29, 1.82) is 0 Å². The zero-order valence-corrected chi connectivity index (χ0v) is 16.2. The van der Waals surface area contributed by atoms with Crippen LogP contribution >= 0.6 is 0 Å². The summed E-state index contributed by atoms with van der Waals surface area (Å²) in [6, 6.07) is 0. The van der Waals surface area contributed by atoms with Gasteiger partial charge in [0.2, 0.25) is 0 Å². The van der Waals surface area contributed by atoms with Crippen LogP contribution in [0, 0.1) is 17.8 Å². The van der Waals surface area contributed by atoms with Gasteiger partial charge in [0, 0.05) is 6.42 Å². The molecule has 2 nitrogen and oxygen atoms in total. The van der Waals surface area contributed by atoms with Crippen molar-refractivity contribution in [3.8, 4) is 0 Å². The minimum Gasteiger partial charge on any atom is -0.462 e. The lowest BCUT2D eigenvalue weighted by Gasteiger charge is -2.32. The molecule has 0 aromatic carbocycles. The van der Waals surface area contributed by atoms with E-state index in [-0.39, 0.29) is 12.1 Å². The summed E-state index contributed by atoms with van der Waals surface area (Å²) < 4.78 is 5.50. The van der Waals surface area contributed by atoms with Crippen molar-refractivity contribution in [2.75, 3.05) is 0 Å². The molecule has 140 valence electrons. The van der Waals surface area contributed by atoms with Gasteiger partial charge in [-0.1, -0.05) is 78.1 Å². The van der Waals surface area contributed by atoms with E-state index in [4.69, 9.17) is 4.74 Å². The van der Waals surface area contributed by atoms with Gasteiger partial charge in [-0.15, -0.1) is 0 Å². The van der Waals surface area contributed by atoms with Crippen LogP contribution in [-0.4, -0.2) is 12.1 Å². The summed E-state index contributed by atoms with van der Waals surface area (Å²) in [6.45, 7) is 4.19. The highest BCUT2D eigenvalue weighted by atomic mass is 16.5. The van der Waals surface area contributed by atoms with E-state index in [0.29, 0.717) is 6.42 Å². The molecule has 0 heterocycles. The van der Waals surface area contributed by atoms with Crippen LogP contribution in [0.25, 0.3) is 0 Å². The molecule has 0 aliphatic heterocycles. The molecular formula is C22H40O2. The van der Waals surface area contributed by atoms with Crippen LogP contribution in [-0.2, 0) is 9.53 Å². The first-order valence-corrected chi connectivity index (χ1v) is 10.9. The van der Waals surface area contributed by atoms with Gasteiger partial charge in [0.1, 0.15) is 6.10 Å². The molecule has 0 unspecified atom stereocenters. The number of esters is 1. The average molecular weight is 337 g/mol. The second-order valence-corrected chi connectivity index (χ2v) is 8.45. The SMILES string of the molecule is CCCCC[C@H]1CC[C@H](CC[C@H]2CC[C@H](OC(=O)CC)CC2)CC1. The summed E-state index contributed by atoms with van der Waals surface area (Å²) in [5.74, 6) is 2.91. The van der Waals surface area contributed by atoms with Crippen LogP contribution in [0.3, 0.4) is 0 Å². The lowest BCUT2D eigenvalue weighted by atomic mass is 9.76. The van der Waals surface area contributed by atoms with E-state index in [1.807, 2.05) is 6.92 Å². The van der Waals surface area contributed by atoms with Crippen LogP contribution < -0.4 is 0 Å². The Morgan fingerprint density at radius 1 is 0.750 bits per heavy atom. The van der Waals surface area contributed by atoms with E-state index in [0.717, 1.165) is 30.6 Å². The molecule has 0 radical (unpaired) electrons. The number of carbonyl (C=O) groups is 1. The van der Waals surface area contributed by atoms with Gasteiger partial charge in [0.15, 0.2) is 0 Å². The zero-order valence-electron chi connectivity index (χ0n) is 16.2. The smallest absolute Gasteiger partial charge is 0.305 e. The fourth-order valence-corrected chi connectivity index (χ4v) is 4.77. The minimum absolute atomic E-state index is 0.0193. The Morgan fingerprint density at radius 3 is 1.75 bits per heavy atom. The highest BCUT2D eigenvalue weighted by Crippen LogP contribution is 2.37. The highest BCUT2D eigenvalue weighted by Gasteiger charge is 2.25. The van der Waals surface area contributed by atoms with Crippen LogP contribution in [0.1, 0.15) is 110 Å². The van der Waals surface area contributed by atoms with E-state index >= 15 is 0 Å². The molecular weight excluding hydrogens is 296 g/mol. The van der Waals surface area contributed by atoms with E-state index in [1.165, 1.54) is 77.0 Å². The van der Waals surface area contributed by atoms with Crippen molar-refractivity contribution >= 4 is 5.97 Å². The lowest BCUT2D eigenvalue weighted by Crippen LogP contribution is -2.24. The van der Waals surface area contributed by atoms with Gasteiger partial charge in [-0.3, -0.25) is 4.79 Å². The first-order chi connectivity index (χ1) is 11.7. The molecule has 2 heteroatoms. The van der Waals surface area contributed by atoms with Crippen molar-refractivity contribution < 1.29 is 9.53 Å². The zero-order chi connectivity index (χ0) is 17.2. The first-order valence-electron chi connectivity index (χ1n) is 10.9. The number of carbonyl (C=O) groups excluding carboxylic acids is 1. The van der Waals surface area contributed by atoms with Crippen molar-refractivity contribution in [3.05, 3.63) is 0 Å². The molecule has 0 amide bonds. The molecule has 0 aromatic rings. The summed E-state index contributed by atoms with van der Waals surface area (Å²) in [5.41, 5.74) is 0. The summed E-state index contributed by atoms with van der Waals surface area (Å²) in [5, 5.41) is 0. The second kappa shape index (κ2) is 11.2. The average Bonchev–Trinajstić information content (AvgIpc) is 2.62. The third kappa shape index (κ3) is 7.15. The fraction of sp³-hybridized carbons (Fsp3) is 0.955. The predicted molar refractivity (Wildman–Crippen MR) is 101 cm³/mol. The van der Waals surface area contributed by atoms with E-state index in [9.17, 15) is 4.79 Å². The number of unbranched alkanes of at least 4 members (excludes halogenated alkanes) is 2. The minimum atomic E-state index is -0.0193. The molecule has 2 fully saturated rings. The molecule has 2 aliphatic rings.